The summed E-state index contributed by atoms with van der Waals surface area (Å²) in [7, 11) is 1.46. The Bertz CT molecular complexity index is 368. The number of hydrogen-bond acceptors (Lipinski definition) is 3. The molecular formula is C23H46O3. The maximum Gasteiger partial charge on any atom is 0.305 e. The summed E-state index contributed by atoms with van der Waals surface area (Å²) < 4.78 is 4.73. The first-order valence-corrected chi connectivity index (χ1v) is 10.7. The lowest BCUT2D eigenvalue weighted by Gasteiger charge is -2.25. The van der Waals surface area contributed by atoms with E-state index < -0.39 is 0 Å². The van der Waals surface area contributed by atoms with Crippen LogP contribution >= 0.6 is 0 Å². The molecule has 0 saturated carbocycles. The van der Waals surface area contributed by atoms with Gasteiger partial charge in [-0.05, 0) is 48.9 Å². The summed E-state index contributed by atoms with van der Waals surface area (Å²) in [5.41, 5.74) is 0.579. The fraction of sp³-hybridized carbons (Fsp3) is 0.957. The second-order valence-corrected chi connectivity index (χ2v) is 10.3. The van der Waals surface area contributed by atoms with Gasteiger partial charge in [-0.3, -0.25) is 4.79 Å². The average Bonchev–Trinajstić information content (AvgIpc) is 2.51. The van der Waals surface area contributed by atoms with Crippen LogP contribution in [-0.2, 0) is 9.53 Å². The fourth-order valence-electron chi connectivity index (χ4n) is 3.46. The zero-order valence-electron chi connectivity index (χ0n) is 18.7. The lowest BCUT2D eigenvalue weighted by atomic mass is 9.81. The van der Waals surface area contributed by atoms with E-state index in [2.05, 4.69) is 41.5 Å². The molecule has 0 fully saturated rings. The van der Waals surface area contributed by atoms with Crippen LogP contribution in [0.4, 0.5) is 0 Å². The third-order valence-electron chi connectivity index (χ3n) is 5.48. The summed E-state index contributed by atoms with van der Waals surface area (Å²) >= 11 is 0. The van der Waals surface area contributed by atoms with E-state index in [0.29, 0.717) is 17.8 Å². The lowest BCUT2D eigenvalue weighted by Crippen LogP contribution is -2.15. The summed E-state index contributed by atoms with van der Waals surface area (Å²) in [6.07, 6.45) is 11.4. The van der Waals surface area contributed by atoms with Gasteiger partial charge in [0.1, 0.15) is 0 Å². The number of rotatable bonds is 14. The standard InChI is InChI=1S/C23H46O3/c1-19(11-8-13-20(24)14-10-16-22(2,3)4)12-9-17-23(5,6)18-15-21(25)26-7/h19-20,24H,8-18H2,1-7H3. The monoisotopic (exact) mass is 370 g/mol. The second-order valence-electron chi connectivity index (χ2n) is 10.3. The first-order chi connectivity index (χ1) is 11.9. The Morgan fingerprint density at radius 1 is 0.885 bits per heavy atom. The van der Waals surface area contributed by atoms with Gasteiger partial charge in [-0.25, -0.2) is 0 Å². The number of hydrogen-bond donors (Lipinski definition) is 1. The number of carbonyl (C=O) groups is 1. The fourth-order valence-corrected chi connectivity index (χ4v) is 3.46. The molecule has 26 heavy (non-hydrogen) atoms. The molecule has 0 heterocycles. The van der Waals surface area contributed by atoms with Gasteiger partial charge < -0.3 is 9.84 Å². The second kappa shape index (κ2) is 12.8. The topological polar surface area (TPSA) is 46.5 Å². The van der Waals surface area contributed by atoms with Crippen LogP contribution in [0.1, 0.15) is 112 Å². The van der Waals surface area contributed by atoms with Crippen LogP contribution in [0.15, 0.2) is 0 Å². The van der Waals surface area contributed by atoms with E-state index in [1.54, 1.807) is 0 Å². The zero-order valence-corrected chi connectivity index (χ0v) is 18.7. The van der Waals surface area contributed by atoms with Gasteiger partial charge in [-0.15, -0.1) is 0 Å². The molecule has 0 amide bonds. The van der Waals surface area contributed by atoms with Crippen molar-refractivity contribution >= 4 is 5.97 Å². The Labute approximate surface area is 163 Å². The van der Waals surface area contributed by atoms with Gasteiger partial charge in [0.2, 0.25) is 0 Å². The van der Waals surface area contributed by atoms with E-state index in [-0.39, 0.29) is 17.5 Å². The van der Waals surface area contributed by atoms with Gasteiger partial charge in [-0.1, -0.05) is 73.6 Å². The van der Waals surface area contributed by atoms with Crippen molar-refractivity contribution in [2.24, 2.45) is 16.7 Å². The van der Waals surface area contributed by atoms with Crippen LogP contribution in [0.2, 0.25) is 0 Å². The Morgan fingerprint density at radius 3 is 2.00 bits per heavy atom. The molecule has 2 atom stereocenters. The van der Waals surface area contributed by atoms with Crippen molar-refractivity contribution in [3.8, 4) is 0 Å². The van der Waals surface area contributed by atoms with Gasteiger partial charge in [0.05, 0.1) is 13.2 Å². The van der Waals surface area contributed by atoms with Crippen LogP contribution in [0.25, 0.3) is 0 Å². The molecule has 3 heteroatoms. The first kappa shape index (κ1) is 25.4. The molecule has 3 nitrogen and oxygen atoms in total. The predicted octanol–water partition coefficient (Wildman–Crippen LogP) is 6.52. The van der Waals surface area contributed by atoms with Crippen molar-refractivity contribution in [2.75, 3.05) is 7.11 Å². The molecule has 0 bridgehead atoms. The van der Waals surface area contributed by atoms with Crippen molar-refractivity contribution in [1.82, 2.24) is 0 Å². The molecule has 0 aliphatic rings. The van der Waals surface area contributed by atoms with Crippen molar-refractivity contribution in [1.29, 1.82) is 0 Å². The van der Waals surface area contributed by atoms with Crippen molar-refractivity contribution in [3.63, 3.8) is 0 Å². The van der Waals surface area contributed by atoms with Crippen molar-refractivity contribution in [3.05, 3.63) is 0 Å². The highest BCUT2D eigenvalue weighted by atomic mass is 16.5. The van der Waals surface area contributed by atoms with Gasteiger partial charge >= 0.3 is 5.97 Å². The molecular weight excluding hydrogens is 324 g/mol. The number of carbonyl (C=O) groups excluding carboxylic acids is 1. The normalized spacial score (nSPS) is 14.9. The number of ether oxygens (including phenoxy) is 1. The predicted molar refractivity (Wildman–Crippen MR) is 111 cm³/mol. The highest BCUT2D eigenvalue weighted by molar-refractivity contribution is 5.69. The minimum atomic E-state index is -0.123. The molecule has 156 valence electrons. The number of aliphatic hydroxyl groups excluding tert-OH is 1. The van der Waals surface area contributed by atoms with E-state index >= 15 is 0 Å². The van der Waals surface area contributed by atoms with Crippen LogP contribution in [0.5, 0.6) is 0 Å². The van der Waals surface area contributed by atoms with E-state index in [1.165, 1.54) is 32.8 Å². The van der Waals surface area contributed by atoms with Gasteiger partial charge in [0, 0.05) is 6.42 Å². The number of esters is 1. The van der Waals surface area contributed by atoms with Crippen LogP contribution in [0, 0.1) is 16.7 Å². The van der Waals surface area contributed by atoms with E-state index in [9.17, 15) is 9.90 Å². The summed E-state index contributed by atoms with van der Waals surface area (Å²) in [4.78, 5) is 11.3. The van der Waals surface area contributed by atoms with Gasteiger partial charge in [-0.2, -0.15) is 0 Å². The third kappa shape index (κ3) is 15.7. The molecule has 1 N–H and O–H groups in total. The molecule has 0 aliphatic heterocycles. The Morgan fingerprint density at radius 2 is 1.42 bits per heavy atom. The summed E-state index contributed by atoms with van der Waals surface area (Å²) in [6.45, 7) is 13.6. The molecule has 0 aromatic rings. The van der Waals surface area contributed by atoms with Crippen LogP contribution in [-0.4, -0.2) is 24.3 Å². The molecule has 0 aromatic carbocycles. The summed E-state index contributed by atoms with van der Waals surface area (Å²) in [5.74, 6) is 0.612. The molecule has 0 spiro atoms. The van der Waals surface area contributed by atoms with Crippen LogP contribution in [0.3, 0.4) is 0 Å². The summed E-state index contributed by atoms with van der Waals surface area (Å²) in [5, 5.41) is 10.1. The molecule has 0 aliphatic carbocycles. The lowest BCUT2D eigenvalue weighted by molar-refractivity contribution is -0.141. The minimum Gasteiger partial charge on any atom is -0.469 e. The Hall–Kier alpha value is -0.570. The number of methoxy groups -OCH3 is 1. The highest BCUT2D eigenvalue weighted by Crippen LogP contribution is 2.30. The molecule has 0 radical (unpaired) electrons. The third-order valence-corrected chi connectivity index (χ3v) is 5.48. The maximum absolute atomic E-state index is 11.3. The smallest absolute Gasteiger partial charge is 0.305 e. The molecule has 0 saturated heterocycles. The Balaban J connectivity index is 3.76. The average molecular weight is 371 g/mol. The van der Waals surface area contributed by atoms with E-state index in [1.807, 2.05) is 0 Å². The molecule has 2 unspecified atom stereocenters. The highest BCUT2D eigenvalue weighted by Gasteiger charge is 2.19. The maximum atomic E-state index is 11.3. The largest absolute Gasteiger partial charge is 0.469 e. The van der Waals surface area contributed by atoms with Crippen LogP contribution < -0.4 is 0 Å². The quantitative estimate of drug-likeness (QED) is 0.354. The van der Waals surface area contributed by atoms with Gasteiger partial charge in [0.15, 0.2) is 0 Å². The van der Waals surface area contributed by atoms with E-state index in [4.69, 9.17) is 4.74 Å². The zero-order chi connectivity index (χ0) is 20.2. The SMILES string of the molecule is COC(=O)CCC(C)(C)CCCC(C)CCCC(O)CCCC(C)(C)C. The van der Waals surface area contributed by atoms with Crippen molar-refractivity contribution < 1.29 is 14.6 Å². The van der Waals surface area contributed by atoms with E-state index in [0.717, 1.165) is 38.5 Å². The summed E-state index contributed by atoms with van der Waals surface area (Å²) in [6, 6.07) is 0. The first-order valence-electron chi connectivity index (χ1n) is 10.7. The van der Waals surface area contributed by atoms with Gasteiger partial charge in [0.25, 0.3) is 0 Å². The molecule has 0 rings (SSSR count). The van der Waals surface area contributed by atoms with Crippen molar-refractivity contribution in [2.45, 2.75) is 118 Å². The minimum absolute atomic E-state index is 0.104. The molecule has 0 aromatic heterocycles. The number of aliphatic hydroxyl groups is 1. The Kier molecular flexibility index (Phi) is 12.5.